The number of hydrogen-bond donors (Lipinski definition) is 1. The van der Waals surface area contributed by atoms with Crippen molar-refractivity contribution in [3.8, 4) is 11.8 Å². The third-order valence-electron chi connectivity index (χ3n) is 2.69. The first-order chi connectivity index (χ1) is 8.74. The van der Waals surface area contributed by atoms with Crippen molar-refractivity contribution in [3.63, 3.8) is 0 Å². The van der Waals surface area contributed by atoms with Crippen LogP contribution in [-0.2, 0) is 6.42 Å². The maximum atomic E-state index is 11.5. The number of nitrogens with one attached hydrogen (secondary N) is 1. The number of H-pyrrole nitrogens is 1. The Balaban J connectivity index is 2.37. The Labute approximate surface area is 104 Å². The molecule has 0 spiro atoms. The molecule has 0 atom stereocenters. The molecule has 0 fully saturated rings. The largest absolute Gasteiger partial charge is 0.497 e. The number of nitriles is 1. The van der Waals surface area contributed by atoms with E-state index in [1.165, 1.54) is 0 Å². The fraction of sp³-hybridized carbons (Fsp3) is 0.143. The number of pyridine rings is 1. The van der Waals surface area contributed by atoms with E-state index < -0.39 is 0 Å². The molecule has 0 unspecified atom stereocenters. The van der Waals surface area contributed by atoms with Crippen LogP contribution in [-0.4, -0.2) is 12.1 Å². The third-order valence-corrected chi connectivity index (χ3v) is 2.69. The van der Waals surface area contributed by atoms with Crippen LogP contribution in [0.5, 0.6) is 5.75 Å². The standard InChI is InChI=1S/C14H12N2O2/c1-18-12-4-2-3-10(8-12)7-11-5-6-16-14(17)13(11)9-15/h2-6,8H,7H2,1H3,(H,16,17). The number of aromatic amines is 1. The number of nitrogens with zero attached hydrogens (tertiary/aromatic N) is 1. The lowest BCUT2D eigenvalue weighted by atomic mass is 10.0. The highest BCUT2D eigenvalue weighted by atomic mass is 16.5. The molecule has 0 aliphatic heterocycles. The average Bonchev–Trinajstić information content (AvgIpc) is 2.39. The highest BCUT2D eigenvalue weighted by Crippen LogP contribution is 2.16. The zero-order valence-corrected chi connectivity index (χ0v) is 9.93. The van der Waals surface area contributed by atoms with E-state index in [1.807, 2.05) is 30.3 Å². The van der Waals surface area contributed by atoms with Gasteiger partial charge in [-0.3, -0.25) is 4.79 Å². The van der Waals surface area contributed by atoms with Crippen molar-refractivity contribution in [2.75, 3.05) is 7.11 Å². The Bertz CT molecular complexity index is 653. The molecule has 0 aliphatic rings. The van der Waals surface area contributed by atoms with Crippen molar-refractivity contribution in [1.82, 2.24) is 4.98 Å². The van der Waals surface area contributed by atoms with E-state index in [0.717, 1.165) is 16.9 Å². The zero-order valence-electron chi connectivity index (χ0n) is 9.93. The molecule has 1 aromatic carbocycles. The highest BCUT2D eigenvalue weighted by Gasteiger charge is 2.07. The number of aromatic nitrogens is 1. The van der Waals surface area contributed by atoms with Crippen LogP contribution in [0.2, 0.25) is 0 Å². The Morgan fingerprint density at radius 2 is 2.22 bits per heavy atom. The number of rotatable bonds is 3. The van der Waals surface area contributed by atoms with Gasteiger partial charge in [-0.05, 0) is 35.7 Å². The number of ether oxygens (including phenoxy) is 1. The molecule has 18 heavy (non-hydrogen) atoms. The van der Waals surface area contributed by atoms with Crippen LogP contribution in [0.3, 0.4) is 0 Å². The topological polar surface area (TPSA) is 65.9 Å². The Morgan fingerprint density at radius 3 is 2.94 bits per heavy atom. The highest BCUT2D eigenvalue weighted by molar-refractivity contribution is 5.39. The average molecular weight is 240 g/mol. The Morgan fingerprint density at radius 1 is 1.39 bits per heavy atom. The molecule has 0 aliphatic carbocycles. The fourth-order valence-electron chi connectivity index (χ4n) is 1.79. The summed E-state index contributed by atoms with van der Waals surface area (Å²) in [5.41, 5.74) is 1.53. The van der Waals surface area contributed by atoms with Crippen LogP contribution >= 0.6 is 0 Å². The Kier molecular flexibility index (Phi) is 3.44. The monoisotopic (exact) mass is 240 g/mol. The molecule has 4 nitrogen and oxygen atoms in total. The van der Waals surface area contributed by atoms with Gasteiger partial charge in [-0.25, -0.2) is 0 Å². The summed E-state index contributed by atoms with van der Waals surface area (Å²) in [4.78, 5) is 14.0. The second kappa shape index (κ2) is 5.19. The van der Waals surface area contributed by atoms with Crippen LogP contribution in [0.25, 0.3) is 0 Å². The van der Waals surface area contributed by atoms with Gasteiger partial charge in [0, 0.05) is 6.20 Å². The number of methoxy groups -OCH3 is 1. The van der Waals surface area contributed by atoms with Gasteiger partial charge >= 0.3 is 0 Å². The van der Waals surface area contributed by atoms with Gasteiger partial charge in [0.1, 0.15) is 17.4 Å². The van der Waals surface area contributed by atoms with Crippen LogP contribution in [0, 0.1) is 11.3 Å². The molecule has 0 saturated carbocycles. The summed E-state index contributed by atoms with van der Waals surface area (Å²) in [5.74, 6) is 0.760. The van der Waals surface area contributed by atoms with Gasteiger partial charge in [-0.15, -0.1) is 0 Å². The molecule has 90 valence electrons. The third kappa shape index (κ3) is 2.41. The van der Waals surface area contributed by atoms with Crippen molar-refractivity contribution >= 4 is 0 Å². The van der Waals surface area contributed by atoms with Gasteiger partial charge in [-0.1, -0.05) is 12.1 Å². The first-order valence-corrected chi connectivity index (χ1v) is 5.48. The van der Waals surface area contributed by atoms with Gasteiger partial charge in [0.25, 0.3) is 5.56 Å². The number of hydrogen-bond acceptors (Lipinski definition) is 3. The predicted molar refractivity (Wildman–Crippen MR) is 67.6 cm³/mol. The summed E-state index contributed by atoms with van der Waals surface area (Å²) in [6.07, 6.45) is 2.09. The minimum absolute atomic E-state index is 0.167. The first-order valence-electron chi connectivity index (χ1n) is 5.48. The van der Waals surface area contributed by atoms with Gasteiger partial charge in [0.15, 0.2) is 0 Å². The first kappa shape index (κ1) is 11.9. The molecule has 0 amide bonds. The second-order valence-electron chi connectivity index (χ2n) is 3.85. The lowest BCUT2D eigenvalue weighted by Crippen LogP contribution is -2.12. The maximum absolute atomic E-state index is 11.5. The van der Waals surface area contributed by atoms with E-state index in [4.69, 9.17) is 10.00 Å². The predicted octanol–water partition coefficient (Wildman–Crippen LogP) is 1.85. The quantitative estimate of drug-likeness (QED) is 0.890. The molecule has 0 saturated heterocycles. The minimum atomic E-state index is -0.349. The van der Waals surface area contributed by atoms with Crippen LogP contribution in [0.4, 0.5) is 0 Å². The van der Waals surface area contributed by atoms with Crippen molar-refractivity contribution < 1.29 is 4.74 Å². The van der Waals surface area contributed by atoms with Crippen molar-refractivity contribution in [2.24, 2.45) is 0 Å². The van der Waals surface area contributed by atoms with E-state index in [9.17, 15) is 4.79 Å². The van der Waals surface area contributed by atoms with Gasteiger partial charge < -0.3 is 9.72 Å². The summed E-state index contributed by atoms with van der Waals surface area (Å²) in [7, 11) is 1.60. The summed E-state index contributed by atoms with van der Waals surface area (Å²) in [6, 6.07) is 11.2. The van der Waals surface area contributed by atoms with E-state index >= 15 is 0 Å². The van der Waals surface area contributed by atoms with E-state index in [2.05, 4.69) is 4.98 Å². The summed E-state index contributed by atoms with van der Waals surface area (Å²) < 4.78 is 5.14. The van der Waals surface area contributed by atoms with Crippen LogP contribution in [0.1, 0.15) is 16.7 Å². The smallest absolute Gasteiger partial charge is 0.266 e. The SMILES string of the molecule is COc1cccc(Cc2cc[nH]c(=O)c2C#N)c1. The molecular weight excluding hydrogens is 228 g/mol. The van der Waals surface area contributed by atoms with Gasteiger partial charge in [0.05, 0.1) is 7.11 Å². The molecule has 0 bridgehead atoms. The molecule has 0 radical (unpaired) electrons. The summed E-state index contributed by atoms with van der Waals surface area (Å²) >= 11 is 0. The van der Waals surface area contributed by atoms with Gasteiger partial charge in [0.2, 0.25) is 0 Å². The molecular formula is C14H12N2O2. The van der Waals surface area contributed by atoms with E-state index in [1.54, 1.807) is 19.4 Å². The lowest BCUT2D eigenvalue weighted by Gasteiger charge is -2.05. The molecule has 2 aromatic rings. The summed E-state index contributed by atoms with van der Waals surface area (Å²) in [5, 5.41) is 8.98. The molecule has 1 N–H and O–H groups in total. The molecule has 4 heteroatoms. The molecule has 1 aromatic heterocycles. The maximum Gasteiger partial charge on any atom is 0.266 e. The lowest BCUT2D eigenvalue weighted by molar-refractivity contribution is 0.414. The molecule has 1 heterocycles. The normalized spacial score (nSPS) is 9.78. The fourth-order valence-corrected chi connectivity index (χ4v) is 1.79. The van der Waals surface area contributed by atoms with Crippen molar-refractivity contribution in [1.29, 1.82) is 5.26 Å². The second-order valence-corrected chi connectivity index (χ2v) is 3.85. The zero-order chi connectivity index (χ0) is 13.0. The van der Waals surface area contributed by atoms with Gasteiger partial charge in [-0.2, -0.15) is 5.26 Å². The summed E-state index contributed by atoms with van der Waals surface area (Å²) in [6.45, 7) is 0. The Hall–Kier alpha value is -2.54. The van der Waals surface area contributed by atoms with E-state index in [0.29, 0.717) is 6.42 Å². The minimum Gasteiger partial charge on any atom is -0.497 e. The van der Waals surface area contributed by atoms with E-state index in [-0.39, 0.29) is 11.1 Å². The van der Waals surface area contributed by atoms with Crippen LogP contribution in [0.15, 0.2) is 41.3 Å². The molecule has 2 rings (SSSR count). The van der Waals surface area contributed by atoms with Crippen molar-refractivity contribution in [2.45, 2.75) is 6.42 Å². The van der Waals surface area contributed by atoms with Crippen LogP contribution < -0.4 is 10.3 Å². The number of benzene rings is 1. The van der Waals surface area contributed by atoms with Crippen molar-refractivity contribution in [3.05, 3.63) is 63.6 Å².